The van der Waals surface area contributed by atoms with Crippen molar-refractivity contribution in [2.75, 3.05) is 6.61 Å². The summed E-state index contributed by atoms with van der Waals surface area (Å²) in [4.78, 5) is 11.9. The molecule has 1 rings (SSSR count). The number of halogens is 1. The van der Waals surface area contributed by atoms with E-state index in [4.69, 9.17) is 5.11 Å². The van der Waals surface area contributed by atoms with Crippen LogP contribution in [0.5, 0.6) is 0 Å². The van der Waals surface area contributed by atoms with Gasteiger partial charge in [-0.25, -0.2) is 0 Å². The van der Waals surface area contributed by atoms with Crippen LogP contribution in [0.4, 0.5) is 0 Å². The van der Waals surface area contributed by atoms with Crippen LogP contribution in [-0.4, -0.2) is 23.7 Å². The Hall–Kier alpha value is -0.620. The van der Waals surface area contributed by atoms with Crippen LogP contribution in [0, 0.1) is 10.5 Å². The van der Waals surface area contributed by atoms with Crippen molar-refractivity contribution in [3.8, 4) is 0 Å². The number of rotatable bonds is 4. The Morgan fingerprint density at radius 3 is 2.81 bits per heavy atom. The highest BCUT2D eigenvalue weighted by Gasteiger charge is 2.13. The van der Waals surface area contributed by atoms with Gasteiger partial charge in [-0.1, -0.05) is 13.0 Å². The number of nitrogens with one attached hydrogen (secondary N) is 1. The van der Waals surface area contributed by atoms with E-state index >= 15 is 0 Å². The van der Waals surface area contributed by atoms with Gasteiger partial charge in [0.2, 0.25) is 0 Å². The number of amides is 1. The standard InChI is InChI=1S/C12H16INO2/c1-3-9(7-15)14-12(16)10-5-4-6-11(13)8(10)2/h4-6,9,15H,3,7H2,1-2H3,(H,14,16). The lowest BCUT2D eigenvalue weighted by atomic mass is 10.1. The Bertz CT molecular complexity index is 375. The lowest BCUT2D eigenvalue weighted by Crippen LogP contribution is -2.37. The average Bonchev–Trinajstić information content (AvgIpc) is 2.29. The van der Waals surface area contributed by atoms with Crippen molar-refractivity contribution in [3.63, 3.8) is 0 Å². The maximum atomic E-state index is 11.9. The molecule has 16 heavy (non-hydrogen) atoms. The summed E-state index contributed by atoms with van der Waals surface area (Å²) < 4.78 is 1.07. The Morgan fingerprint density at radius 2 is 2.25 bits per heavy atom. The van der Waals surface area contributed by atoms with E-state index in [1.807, 2.05) is 26.0 Å². The summed E-state index contributed by atoms with van der Waals surface area (Å²) in [5, 5.41) is 11.8. The number of carbonyl (C=O) groups is 1. The first-order valence-electron chi connectivity index (χ1n) is 5.27. The van der Waals surface area contributed by atoms with E-state index in [-0.39, 0.29) is 18.6 Å². The van der Waals surface area contributed by atoms with Crippen LogP contribution in [-0.2, 0) is 0 Å². The third-order valence-corrected chi connectivity index (χ3v) is 3.73. The second-order valence-corrected chi connectivity index (χ2v) is 4.84. The van der Waals surface area contributed by atoms with Crippen molar-refractivity contribution in [1.82, 2.24) is 5.32 Å². The molecule has 1 amide bonds. The fourth-order valence-corrected chi connectivity index (χ4v) is 1.89. The first kappa shape index (κ1) is 13.4. The fourth-order valence-electron chi connectivity index (χ4n) is 1.39. The van der Waals surface area contributed by atoms with E-state index in [1.165, 1.54) is 0 Å². The van der Waals surface area contributed by atoms with Crippen LogP contribution in [0.3, 0.4) is 0 Å². The molecular formula is C12H16INO2. The molecule has 3 nitrogen and oxygen atoms in total. The molecule has 0 saturated heterocycles. The Morgan fingerprint density at radius 1 is 1.56 bits per heavy atom. The van der Waals surface area contributed by atoms with Gasteiger partial charge in [-0.15, -0.1) is 0 Å². The van der Waals surface area contributed by atoms with Gasteiger partial charge in [0.05, 0.1) is 12.6 Å². The number of hydrogen-bond donors (Lipinski definition) is 2. The van der Waals surface area contributed by atoms with Crippen molar-refractivity contribution >= 4 is 28.5 Å². The third-order valence-electron chi connectivity index (χ3n) is 2.56. The van der Waals surface area contributed by atoms with Gasteiger partial charge < -0.3 is 10.4 Å². The highest BCUT2D eigenvalue weighted by Crippen LogP contribution is 2.15. The van der Waals surface area contributed by atoms with E-state index in [9.17, 15) is 4.79 Å². The third kappa shape index (κ3) is 3.18. The molecule has 1 aromatic rings. The SMILES string of the molecule is CCC(CO)NC(=O)c1cccc(I)c1C. The molecule has 0 fully saturated rings. The quantitative estimate of drug-likeness (QED) is 0.829. The average molecular weight is 333 g/mol. The van der Waals surface area contributed by atoms with Gasteiger partial charge in [-0.3, -0.25) is 4.79 Å². The van der Waals surface area contributed by atoms with Gasteiger partial charge in [-0.2, -0.15) is 0 Å². The largest absolute Gasteiger partial charge is 0.394 e. The minimum absolute atomic E-state index is 0.0226. The predicted molar refractivity (Wildman–Crippen MR) is 72.5 cm³/mol. The number of aliphatic hydroxyl groups excluding tert-OH is 1. The zero-order valence-electron chi connectivity index (χ0n) is 9.46. The zero-order valence-corrected chi connectivity index (χ0v) is 11.6. The maximum Gasteiger partial charge on any atom is 0.251 e. The lowest BCUT2D eigenvalue weighted by molar-refractivity contribution is 0.0914. The molecule has 1 unspecified atom stereocenters. The van der Waals surface area contributed by atoms with Crippen molar-refractivity contribution in [3.05, 3.63) is 32.9 Å². The normalized spacial score (nSPS) is 12.2. The van der Waals surface area contributed by atoms with Crippen LogP contribution in [0.15, 0.2) is 18.2 Å². The van der Waals surface area contributed by atoms with Crippen molar-refractivity contribution in [2.24, 2.45) is 0 Å². The molecule has 0 heterocycles. The van der Waals surface area contributed by atoms with Crippen molar-refractivity contribution < 1.29 is 9.90 Å². The van der Waals surface area contributed by atoms with Crippen molar-refractivity contribution in [2.45, 2.75) is 26.3 Å². The van der Waals surface area contributed by atoms with Crippen LogP contribution in [0.25, 0.3) is 0 Å². The maximum absolute atomic E-state index is 11.9. The smallest absolute Gasteiger partial charge is 0.251 e. The molecule has 0 aromatic heterocycles. The highest BCUT2D eigenvalue weighted by molar-refractivity contribution is 14.1. The summed E-state index contributed by atoms with van der Waals surface area (Å²) in [6.07, 6.45) is 0.727. The molecule has 0 aliphatic heterocycles. The summed E-state index contributed by atoms with van der Waals surface area (Å²) >= 11 is 2.21. The molecule has 1 aromatic carbocycles. The molecule has 1 atom stereocenters. The van der Waals surface area contributed by atoms with Gasteiger partial charge >= 0.3 is 0 Å². The van der Waals surface area contributed by atoms with Gasteiger partial charge in [-0.05, 0) is 53.6 Å². The first-order valence-corrected chi connectivity index (χ1v) is 6.34. The Balaban J connectivity index is 2.84. The summed E-state index contributed by atoms with van der Waals surface area (Å²) in [6, 6.07) is 5.47. The van der Waals surface area contributed by atoms with Crippen LogP contribution < -0.4 is 5.32 Å². The van der Waals surface area contributed by atoms with Gasteiger partial charge in [0.1, 0.15) is 0 Å². The molecule has 0 radical (unpaired) electrons. The van der Waals surface area contributed by atoms with Crippen LogP contribution in [0.2, 0.25) is 0 Å². The molecule has 0 spiro atoms. The van der Waals surface area contributed by atoms with Crippen LogP contribution in [0.1, 0.15) is 29.3 Å². The van der Waals surface area contributed by atoms with Gasteiger partial charge in [0.25, 0.3) is 5.91 Å². The molecule has 4 heteroatoms. The minimum Gasteiger partial charge on any atom is -0.394 e. The molecular weight excluding hydrogens is 317 g/mol. The summed E-state index contributed by atoms with van der Waals surface area (Å²) in [5.74, 6) is -0.114. The highest BCUT2D eigenvalue weighted by atomic mass is 127. The monoisotopic (exact) mass is 333 g/mol. The summed E-state index contributed by atoms with van der Waals surface area (Å²) in [5.41, 5.74) is 1.66. The topological polar surface area (TPSA) is 49.3 Å². The number of hydrogen-bond acceptors (Lipinski definition) is 2. The predicted octanol–water partition coefficient (Wildman–Crippen LogP) is 2.10. The number of benzene rings is 1. The molecule has 88 valence electrons. The summed E-state index contributed by atoms with van der Waals surface area (Å²) in [7, 11) is 0. The van der Waals surface area contributed by atoms with E-state index in [2.05, 4.69) is 27.9 Å². The molecule has 0 saturated carbocycles. The van der Waals surface area contributed by atoms with E-state index in [0.29, 0.717) is 5.56 Å². The van der Waals surface area contributed by atoms with E-state index in [0.717, 1.165) is 15.6 Å². The second-order valence-electron chi connectivity index (χ2n) is 3.67. The van der Waals surface area contributed by atoms with Gasteiger partial charge in [0, 0.05) is 9.13 Å². The Labute approximate surface area is 109 Å². The van der Waals surface area contributed by atoms with Crippen LogP contribution >= 0.6 is 22.6 Å². The fraction of sp³-hybridized carbons (Fsp3) is 0.417. The van der Waals surface area contributed by atoms with E-state index < -0.39 is 0 Å². The van der Waals surface area contributed by atoms with Gasteiger partial charge in [0.15, 0.2) is 0 Å². The molecule has 0 aliphatic carbocycles. The first-order chi connectivity index (χ1) is 7.60. The number of aliphatic hydroxyl groups is 1. The lowest BCUT2D eigenvalue weighted by Gasteiger charge is -2.15. The Kier molecular flexibility index (Phi) is 5.21. The number of carbonyl (C=O) groups excluding carboxylic acids is 1. The molecule has 0 bridgehead atoms. The van der Waals surface area contributed by atoms with Crippen molar-refractivity contribution in [1.29, 1.82) is 0 Å². The molecule has 0 aliphatic rings. The zero-order chi connectivity index (χ0) is 12.1. The minimum atomic E-state index is -0.162. The second kappa shape index (κ2) is 6.20. The molecule has 2 N–H and O–H groups in total. The van der Waals surface area contributed by atoms with E-state index in [1.54, 1.807) is 6.07 Å². The summed E-state index contributed by atoms with van der Waals surface area (Å²) in [6.45, 7) is 3.84.